The molecule has 0 aliphatic heterocycles. The van der Waals surface area contributed by atoms with Crippen molar-refractivity contribution < 1.29 is 29.4 Å². The number of carboxylic acids is 1. The Labute approximate surface area is 180 Å². The van der Waals surface area contributed by atoms with Gasteiger partial charge in [-0.25, -0.2) is 0 Å². The van der Waals surface area contributed by atoms with Gasteiger partial charge in [0.15, 0.2) is 0 Å². The van der Waals surface area contributed by atoms with Gasteiger partial charge in [-0.05, 0) is 44.0 Å². The zero-order valence-electron chi connectivity index (χ0n) is 17.5. The lowest BCUT2D eigenvalue weighted by Crippen LogP contribution is -2.56. The fourth-order valence-electron chi connectivity index (χ4n) is 2.69. The van der Waals surface area contributed by atoms with E-state index in [9.17, 15) is 24.3 Å². The number of carboxylic acid groups (broad SMARTS) is 1. The Balaban J connectivity index is 2.83. The lowest BCUT2D eigenvalue weighted by Gasteiger charge is -2.23. The third-order valence-corrected chi connectivity index (χ3v) is 4.48. The molecule has 0 saturated heterocycles. The number of benzene rings is 1. The number of carbonyl (C=O) groups excluding carboxylic acids is 3. The van der Waals surface area contributed by atoms with E-state index < -0.39 is 48.4 Å². The second kappa shape index (κ2) is 13.2. The number of carbonyl (C=O) groups is 4. The lowest BCUT2D eigenvalue weighted by molar-refractivity contribution is -0.138. The second-order valence-electron chi connectivity index (χ2n) is 7.16. The zero-order chi connectivity index (χ0) is 23.4. The Bertz CT molecular complexity index is 755. The van der Waals surface area contributed by atoms with Crippen molar-refractivity contribution in [1.29, 1.82) is 0 Å². The number of nitrogens with one attached hydrogen (secondary N) is 3. The van der Waals surface area contributed by atoms with Crippen LogP contribution < -0.4 is 27.4 Å². The highest BCUT2D eigenvalue weighted by molar-refractivity contribution is 5.93. The normalized spacial score (nSPS) is 13.5. The molecule has 11 heteroatoms. The average molecular weight is 437 g/mol. The predicted molar refractivity (Wildman–Crippen MR) is 113 cm³/mol. The van der Waals surface area contributed by atoms with Gasteiger partial charge in [-0.1, -0.05) is 18.6 Å². The Morgan fingerprint density at radius 1 is 1.00 bits per heavy atom. The summed E-state index contributed by atoms with van der Waals surface area (Å²) >= 11 is 0. The molecule has 1 aromatic carbocycles. The first-order valence-corrected chi connectivity index (χ1v) is 9.97. The molecule has 0 spiro atoms. The number of aliphatic carboxylic acids is 1. The molecule has 0 fully saturated rings. The van der Waals surface area contributed by atoms with Crippen molar-refractivity contribution in [3.8, 4) is 5.75 Å². The topological polar surface area (TPSA) is 197 Å². The number of amides is 3. The number of hydrogen-bond donors (Lipinski definition) is 7. The summed E-state index contributed by atoms with van der Waals surface area (Å²) in [4.78, 5) is 47.7. The number of rotatable bonds is 13. The maximum atomic E-state index is 12.8. The van der Waals surface area contributed by atoms with E-state index >= 15 is 0 Å². The number of hydrogen-bond acceptors (Lipinski definition) is 7. The Morgan fingerprint density at radius 3 is 2.23 bits per heavy atom. The number of unbranched alkanes of at least 4 members (excludes halogenated alkanes) is 1. The average Bonchev–Trinajstić information content (AvgIpc) is 2.72. The molecule has 9 N–H and O–H groups in total. The minimum atomic E-state index is -1.21. The van der Waals surface area contributed by atoms with Crippen LogP contribution in [0, 0.1) is 0 Å². The molecule has 0 heterocycles. The van der Waals surface area contributed by atoms with Crippen molar-refractivity contribution >= 4 is 23.7 Å². The highest BCUT2D eigenvalue weighted by Crippen LogP contribution is 2.12. The van der Waals surface area contributed by atoms with Crippen molar-refractivity contribution in [3.05, 3.63) is 29.8 Å². The van der Waals surface area contributed by atoms with Crippen molar-refractivity contribution in [2.45, 2.75) is 50.7 Å². The fraction of sp³-hybridized carbons (Fsp3) is 0.500. The van der Waals surface area contributed by atoms with E-state index in [1.54, 1.807) is 12.1 Å². The molecule has 3 atom stereocenters. The van der Waals surface area contributed by atoms with Gasteiger partial charge in [-0.2, -0.15) is 0 Å². The fourth-order valence-corrected chi connectivity index (χ4v) is 2.69. The predicted octanol–water partition coefficient (Wildman–Crippen LogP) is -1.42. The van der Waals surface area contributed by atoms with Crippen LogP contribution in [0.25, 0.3) is 0 Å². The molecular weight excluding hydrogens is 406 g/mol. The van der Waals surface area contributed by atoms with Crippen molar-refractivity contribution in [1.82, 2.24) is 16.0 Å². The largest absolute Gasteiger partial charge is 0.508 e. The van der Waals surface area contributed by atoms with Crippen LogP contribution in [0.1, 0.15) is 31.7 Å². The van der Waals surface area contributed by atoms with Crippen LogP contribution in [0.5, 0.6) is 5.75 Å². The first kappa shape index (κ1) is 25.9. The summed E-state index contributed by atoms with van der Waals surface area (Å²) in [6.07, 6.45) is 1.89. The summed E-state index contributed by atoms with van der Waals surface area (Å²) in [5.74, 6) is -2.98. The van der Waals surface area contributed by atoms with Crippen molar-refractivity contribution in [3.63, 3.8) is 0 Å². The van der Waals surface area contributed by atoms with Gasteiger partial charge >= 0.3 is 5.97 Å². The molecule has 0 radical (unpaired) electrons. The smallest absolute Gasteiger partial charge is 0.322 e. The summed E-state index contributed by atoms with van der Waals surface area (Å²) in [7, 11) is 0. The van der Waals surface area contributed by atoms with Gasteiger partial charge in [0.05, 0.1) is 6.04 Å². The van der Waals surface area contributed by atoms with Gasteiger partial charge in [0.25, 0.3) is 0 Å². The van der Waals surface area contributed by atoms with Crippen molar-refractivity contribution in [2.24, 2.45) is 11.5 Å². The van der Waals surface area contributed by atoms with Crippen molar-refractivity contribution in [2.75, 3.05) is 13.1 Å². The van der Waals surface area contributed by atoms with Gasteiger partial charge in [-0.3, -0.25) is 19.2 Å². The molecule has 0 bridgehead atoms. The van der Waals surface area contributed by atoms with E-state index in [2.05, 4.69) is 16.0 Å². The molecule has 31 heavy (non-hydrogen) atoms. The first-order valence-electron chi connectivity index (χ1n) is 9.97. The standard InChI is InChI=1S/C20H31N5O6/c1-12(18(29)23-11-17(27)28)24-20(31)16(10-13-5-7-14(26)8-6-13)25-19(30)15(22)4-2-3-9-21/h5-8,12,15-16,26H,2-4,9-11,21-22H2,1H3,(H,23,29)(H,24,31)(H,25,30)(H,27,28). The Morgan fingerprint density at radius 2 is 1.65 bits per heavy atom. The highest BCUT2D eigenvalue weighted by atomic mass is 16.4. The molecule has 1 rings (SSSR count). The summed E-state index contributed by atoms with van der Waals surface area (Å²) in [5.41, 5.74) is 12.0. The zero-order valence-corrected chi connectivity index (χ0v) is 17.5. The van der Waals surface area contributed by atoms with E-state index in [4.69, 9.17) is 16.6 Å². The van der Waals surface area contributed by atoms with Gasteiger partial charge < -0.3 is 37.6 Å². The first-order chi connectivity index (χ1) is 14.6. The monoisotopic (exact) mass is 437 g/mol. The van der Waals surface area contributed by atoms with Crippen LogP contribution in [0.4, 0.5) is 0 Å². The minimum absolute atomic E-state index is 0.0550. The van der Waals surface area contributed by atoms with Crippen LogP contribution >= 0.6 is 0 Å². The molecule has 3 amide bonds. The van der Waals surface area contributed by atoms with Crippen LogP contribution in [0.15, 0.2) is 24.3 Å². The molecule has 0 aromatic heterocycles. The van der Waals surface area contributed by atoms with Crippen LogP contribution in [-0.2, 0) is 25.6 Å². The molecule has 172 valence electrons. The second-order valence-corrected chi connectivity index (χ2v) is 7.16. The van der Waals surface area contributed by atoms with Gasteiger partial charge in [-0.15, -0.1) is 0 Å². The maximum Gasteiger partial charge on any atom is 0.322 e. The molecular formula is C20H31N5O6. The third kappa shape index (κ3) is 9.92. The summed E-state index contributed by atoms with van der Waals surface area (Å²) in [5, 5.41) is 25.3. The highest BCUT2D eigenvalue weighted by Gasteiger charge is 2.26. The van der Waals surface area contributed by atoms with E-state index in [0.29, 0.717) is 24.9 Å². The molecule has 0 aliphatic rings. The maximum absolute atomic E-state index is 12.8. The summed E-state index contributed by atoms with van der Waals surface area (Å²) in [6.45, 7) is 1.31. The lowest BCUT2D eigenvalue weighted by atomic mass is 10.0. The van der Waals surface area contributed by atoms with E-state index in [0.717, 1.165) is 6.42 Å². The molecule has 0 saturated carbocycles. The molecule has 11 nitrogen and oxygen atoms in total. The molecule has 3 unspecified atom stereocenters. The molecule has 1 aromatic rings. The van der Waals surface area contributed by atoms with Gasteiger partial charge in [0.2, 0.25) is 17.7 Å². The number of aromatic hydroxyl groups is 1. The van der Waals surface area contributed by atoms with Gasteiger partial charge in [0, 0.05) is 6.42 Å². The number of phenols is 1. The summed E-state index contributed by atoms with van der Waals surface area (Å²) < 4.78 is 0. The van der Waals surface area contributed by atoms with E-state index in [1.807, 2.05) is 0 Å². The Kier molecular flexibility index (Phi) is 11.0. The minimum Gasteiger partial charge on any atom is -0.508 e. The van der Waals surface area contributed by atoms with Crippen LogP contribution in [-0.4, -0.2) is 65.1 Å². The van der Waals surface area contributed by atoms with Crippen LogP contribution in [0.3, 0.4) is 0 Å². The van der Waals surface area contributed by atoms with E-state index in [1.165, 1.54) is 19.1 Å². The summed E-state index contributed by atoms with van der Waals surface area (Å²) in [6, 6.07) is 3.23. The SMILES string of the molecule is CC(NC(=O)C(Cc1ccc(O)cc1)NC(=O)C(N)CCCCN)C(=O)NCC(=O)O. The van der Waals surface area contributed by atoms with Crippen LogP contribution in [0.2, 0.25) is 0 Å². The van der Waals surface area contributed by atoms with Gasteiger partial charge in [0.1, 0.15) is 24.4 Å². The number of phenolic OH excluding ortho intramolecular Hbond substituents is 1. The Hall–Kier alpha value is -3.18. The molecule has 0 aliphatic carbocycles. The number of nitrogens with two attached hydrogens (primary N) is 2. The third-order valence-electron chi connectivity index (χ3n) is 4.48. The van der Waals surface area contributed by atoms with E-state index in [-0.39, 0.29) is 12.2 Å². The quantitative estimate of drug-likeness (QED) is 0.182.